The van der Waals surface area contributed by atoms with Crippen LogP contribution in [0.5, 0.6) is 0 Å². The number of nitrogens with one attached hydrogen (secondary N) is 4. The fraction of sp³-hybridized carbons (Fsp3) is 0.500. The first-order valence-corrected chi connectivity index (χ1v) is 4.52. The lowest BCUT2D eigenvalue weighted by atomic mass is 10.4. The molecule has 0 aliphatic carbocycles. The van der Waals surface area contributed by atoms with E-state index in [4.69, 9.17) is 0 Å². The second-order valence-electron chi connectivity index (χ2n) is 2.87. The molecular formula is C8H14N4O4. The fourth-order valence-corrected chi connectivity index (χ4v) is 0.587. The Morgan fingerprint density at radius 2 is 1.06 bits per heavy atom. The second kappa shape index (κ2) is 7.49. The zero-order valence-electron chi connectivity index (χ0n) is 9.05. The van der Waals surface area contributed by atoms with Crippen LogP contribution in [0.2, 0.25) is 0 Å². The minimum atomic E-state index is -0.743. The third-order valence-corrected chi connectivity index (χ3v) is 1.42. The number of hydrogen-bond acceptors (Lipinski definition) is 6. The molecule has 0 rings (SSSR count). The largest absolute Gasteiger partial charge is 0.301 e. The van der Waals surface area contributed by atoms with E-state index in [0.717, 1.165) is 13.8 Å². The van der Waals surface area contributed by atoms with E-state index in [1.54, 1.807) is 0 Å². The van der Waals surface area contributed by atoms with Gasteiger partial charge in [-0.1, -0.05) is 0 Å². The van der Waals surface area contributed by atoms with Gasteiger partial charge in [-0.2, -0.15) is 0 Å². The summed E-state index contributed by atoms with van der Waals surface area (Å²) in [7, 11) is 0. The van der Waals surface area contributed by atoms with E-state index in [-0.39, 0.29) is 13.1 Å². The van der Waals surface area contributed by atoms with Crippen molar-refractivity contribution in [2.75, 3.05) is 13.1 Å². The van der Waals surface area contributed by atoms with Gasteiger partial charge in [-0.25, -0.2) is 10.9 Å². The number of Topliss-reactive ketones (excluding diaryl/α,β-unsaturated/α-hetero) is 2. The topological polar surface area (TPSA) is 116 Å². The van der Waals surface area contributed by atoms with Gasteiger partial charge in [0, 0.05) is 26.9 Å². The highest BCUT2D eigenvalue weighted by atomic mass is 16.2. The first-order valence-electron chi connectivity index (χ1n) is 4.52. The molecule has 8 nitrogen and oxygen atoms in total. The number of hydrogen-bond donors (Lipinski definition) is 4. The van der Waals surface area contributed by atoms with Crippen molar-refractivity contribution in [1.82, 2.24) is 21.7 Å². The summed E-state index contributed by atoms with van der Waals surface area (Å²) in [5.74, 6) is -2.70. The molecule has 0 heterocycles. The van der Waals surface area contributed by atoms with Crippen molar-refractivity contribution in [3.63, 3.8) is 0 Å². The SMILES string of the molecule is CC(=O)C(=O)NNCCNNC(=O)C(C)=O. The Balaban J connectivity index is 3.41. The molecule has 16 heavy (non-hydrogen) atoms. The van der Waals surface area contributed by atoms with Gasteiger partial charge in [0.05, 0.1) is 0 Å². The molecule has 0 saturated heterocycles. The standard InChI is InChI=1S/C8H14N4O4/c1-5(13)7(15)11-9-3-4-10-12-8(16)6(2)14/h9-10H,3-4H2,1-2H3,(H,11,15)(H,12,16). The highest BCUT2D eigenvalue weighted by Gasteiger charge is 2.06. The zero-order chi connectivity index (χ0) is 12.6. The molecule has 0 bridgehead atoms. The molecule has 0 atom stereocenters. The van der Waals surface area contributed by atoms with Crippen molar-refractivity contribution >= 4 is 23.4 Å². The number of ketones is 2. The number of amides is 2. The van der Waals surface area contributed by atoms with E-state index in [0.29, 0.717) is 0 Å². The number of carbonyl (C=O) groups excluding carboxylic acids is 4. The van der Waals surface area contributed by atoms with Crippen LogP contribution in [-0.2, 0) is 19.2 Å². The van der Waals surface area contributed by atoms with Gasteiger partial charge in [-0.05, 0) is 0 Å². The Labute approximate surface area is 92.1 Å². The summed E-state index contributed by atoms with van der Waals surface area (Å²) in [6.45, 7) is 2.83. The molecule has 0 aromatic heterocycles. The van der Waals surface area contributed by atoms with Crippen molar-refractivity contribution in [3.05, 3.63) is 0 Å². The van der Waals surface area contributed by atoms with Gasteiger partial charge in [0.25, 0.3) is 0 Å². The first-order chi connectivity index (χ1) is 7.45. The molecule has 0 aromatic rings. The number of hydrazine groups is 2. The Morgan fingerprint density at radius 1 is 0.750 bits per heavy atom. The van der Waals surface area contributed by atoms with Crippen LogP contribution in [0.3, 0.4) is 0 Å². The summed E-state index contributed by atoms with van der Waals surface area (Å²) < 4.78 is 0. The molecule has 90 valence electrons. The Hall–Kier alpha value is -1.80. The van der Waals surface area contributed by atoms with Crippen molar-refractivity contribution in [3.8, 4) is 0 Å². The highest BCUT2D eigenvalue weighted by Crippen LogP contribution is 1.67. The van der Waals surface area contributed by atoms with E-state index in [2.05, 4.69) is 21.7 Å². The number of carbonyl (C=O) groups is 4. The van der Waals surface area contributed by atoms with Crippen LogP contribution in [0.15, 0.2) is 0 Å². The lowest BCUT2D eigenvalue weighted by molar-refractivity contribution is -0.137. The molecule has 4 N–H and O–H groups in total. The third kappa shape index (κ3) is 6.62. The molecule has 0 radical (unpaired) electrons. The van der Waals surface area contributed by atoms with E-state index < -0.39 is 23.4 Å². The van der Waals surface area contributed by atoms with Crippen LogP contribution in [-0.4, -0.2) is 36.5 Å². The van der Waals surface area contributed by atoms with E-state index in [1.165, 1.54) is 0 Å². The second-order valence-corrected chi connectivity index (χ2v) is 2.87. The summed E-state index contributed by atoms with van der Waals surface area (Å²) in [6, 6.07) is 0. The van der Waals surface area contributed by atoms with Crippen LogP contribution in [0.25, 0.3) is 0 Å². The molecule has 0 unspecified atom stereocenters. The van der Waals surface area contributed by atoms with E-state index in [1.807, 2.05) is 0 Å². The summed E-state index contributed by atoms with van der Waals surface area (Å²) in [6.07, 6.45) is 0. The van der Waals surface area contributed by atoms with Gasteiger partial charge in [-0.3, -0.25) is 30.0 Å². The van der Waals surface area contributed by atoms with Gasteiger partial charge >= 0.3 is 11.8 Å². The van der Waals surface area contributed by atoms with E-state index >= 15 is 0 Å². The Kier molecular flexibility index (Phi) is 6.64. The fourth-order valence-electron chi connectivity index (χ4n) is 0.587. The zero-order valence-corrected chi connectivity index (χ0v) is 9.05. The number of rotatable bonds is 7. The van der Waals surface area contributed by atoms with Gasteiger partial charge in [0.2, 0.25) is 11.6 Å². The van der Waals surface area contributed by atoms with Gasteiger partial charge in [0.15, 0.2) is 0 Å². The first kappa shape index (κ1) is 14.2. The maximum atomic E-state index is 10.7. The van der Waals surface area contributed by atoms with Crippen molar-refractivity contribution in [2.24, 2.45) is 0 Å². The van der Waals surface area contributed by atoms with Gasteiger partial charge < -0.3 is 0 Å². The third-order valence-electron chi connectivity index (χ3n) is 1.42. The predicted octanol–water partition coefficient (Wildman–Crippen LogP) is -2.59. The van der Waals surface area contributed by atoms with Crippen molar-refractivity contribution in [1.29, 1.82) is 0 Å². The maximum absolute atomic E-state index is 10.7. The molecule has 0 saturated carbocycles. The maximum Gasteiger partial charge on any atom is 0.301 e. The average molecular weight is 230 g/mol. The Morgan fingerprint density at radius 3 is 1.31 bits per heavy atom. The van der Waals surface area contributed by atoms with Gasteiger partial charge in [0.1, 0.15) is 0 Å². The van der Waals surface area contributed by atoms with Crippen LogP contribution < -0.4 is 21.7 Å². The lowest BCUT2D eigenvalue weighted by Gasteiger charge is -2.07. The van der Waals surface area contributed by atoms with Crippen LogP contribution in [0.1, 0.15) is 13.8 Å². The molecule has 0 fully saturated rings. The van der Waals surface area contributed by atoms with Crippen LogP contribution in [0.4, 0.5) is 0 Å². The quantitative estimate of drug-likeness (QED) is 0.216. The minimum Gasteiger partial charge on any atom is -0.289 e. The van der Waals surface area contributed by atoms with Crippen LogP contribution >= 0.6 is 0 Å². The highest BCUT2D eigenvalue weighted by molar-refractivity contribution is 6.35. The summed E-state index contributed by atoms with van der Waals surface area (Å²) in [5, 5.41) is 0. The smallest absolute Gasteiger partial charge is 0.289 e. The molecule has 8 heteroatoms. The normalized spacial score (nSPS) is 9.38. The summed E-state index contributed by atoms with van der Waals surface area (Å²) >= 11 is 0. The molecule has 2 amide bonds. The Bertz CT molecular complexity index is 272. The van der Waals surface area contributed by atoms with Crippen molar-refractivity contribution < 1.29 is 19.2 Å². The van der Waals surface area contributed by atoms with E-state index in [9.17, 15) is 19.2 Å². The molecule has 0 aliphatic rings. The average Bonchev–Trinajstić information content (AvgIpc) is 2.21. The molecule has 0 aromatic carbocycles. The minimum absolute atomic E-state index is 0.275. The molecular weight excluding hydrogens is 216 g/mol. The monoisotopic (exact) mass is 230 g/mol. The summed E-state index contributed by atoms with van der Waals surface area (Å²) in [4.78, 5) is 42.4. The summed E-state index contributed by atoms with van der Waals surface area (Å²) in [5.41, 5.74) is 9.17. The van der Waals surface area contributed by atoms with Crippen molar-refractivity contribution in [2.45, 2.75) is 13.8 Å². The molecule has 0 spiro atoms. The lowest BCUT2D eigenvalue weighted by Crippen LogP contribution is -2.47. The van der Waals surface area contributed by atoms with Crippen LogP contribution in [0, 0.1) is 0 Å². The van der Waals surface area contributed by atoms with Gasteiger partial charge in [-0.15, -0.1) is 0 Å². The predicted molar refractivity (Wildman–Crippen MR) is 53.7 cm³/mol. The molecule has 0 aliphatic heterocycles.